The van der Waals surface area contributed by atoms with Crippen LogP contribution in [0, 0.1) is 0 Å². The van der Waals surface area contributed by atoms with Crippen LogP contribution in [0.15, 0.2) is 35.4 Å². The Balaban J connectivity index is 2.92. The molecule has 0 fully saturated rings. The molecule has 11 heavy (non-hydrogen) atoms. The molecule has 0 spiro atoms. The molecule has 2 nitrogen and oxygen atoms in total. The van der Waals surface area contributed by atoms with Gasteiger partial charge in [0.2, 0.25) is 0 Å². The van der Waals surface area contributed by atoms with E-state index in [1.54, 1.807) is 4.68 Å². The smallest absolute Gasteiger partial charge is 0.0930 e. The first-order chi connectivity index (χ1) is 5.29. The minimum Gasteiger partial charge on any atom is -0.338 e. The third-order valence-electron chi connectivity index (χ3n) is 1.73. The maximum Gasteiger partial charge on any atom is 0.0930 e. The van der Waals surface area contributed by atoms with Crippen molar-refractivity contribution in [2.45, 2.75) is 5.03 Å². The first kappa shape index (κ1) is 6.61. The Morgan fingerprint density at radius 2 is 2.00 bits per heavy atom. The summed E-state index contributed by atoms with van der Waals surface area (Å²) < 4.78 is 1.57. The number of benzene rings is 1. The van der Waals surface area contributed by atoms with E-state index in [9.17, 15) is 0 Å². The predicted molar refractivity (Wildman–Crippen MR) is 49.3 cm³/mol. The lowest BCUT2D eigenvalue weighted by molar-refractivity contribution is 0.943. The van der Waals surface area contributed by atoms with Gasteiger partial charge in [0.25, 0.3) is 0 Å². The Labute approximate surface area is 70.0 Å². The number of nitrogens with zero attached hydrogens (tertiary/aromatic N) is 1. The van der Waals surface area contributed by atoms with E-state index < -0.39 is 0 Å². The van der Waals surface area contributed by atoms with Gasteiger partial charge in [-0.15, -0.1) is 12.6 Å². The molecule has 56 valence electrons. The van der Waals surface area contributed by atoms with Crippen molar-refractivity contribution in [1.29, 1.82) is 0 Å². The standard InChI is InChI=1S/C8H8N2S/c9-10-7-4-2-1-3-6(7)5-8(10)11/h1-5,11H,9H2. The summed E-state index contributed by atoms with van der Waals surface area (Å²) in [5, 5.41) is 1.91. The molecule has 0 aliphatic heterocycles. The van der Waals surface area contributed by atoms with Crippen molar-refractivity contribution < 1.29 is 0 Å². The van der Waals surface area contributed by atoms with Gasteiger partial charge in [0, 0.05) is 5.39 Å². The second-order valence-corrected chi connectivity index (χ2v) is 2.89. The number of thiol groups is 1. The SMILES string of the molecule is Nn1c(S)cc2ccccc21. The molecular weight excluding hydrogens is 156 g/mol. The number of rotatable bonds is 0. The van der Waals surface area contributed by atoms with Gasteiger partial charge in [-0.2, -0.15) is 0 Å². The van der Waals surface area contributed by atoms with Crippen molar-refractivity contribution >= 4 is 23.5 Å². The molecule has 2 rings (SSSR count). The average molecular weight is 164 g/mol. The zero-order chi connectivity index (χ0) is 7.84. The van der Waals surface area contributed by atoms with Gasteiger partial charge < -0.3 is 5.84 Å². The van der Waals surface area contributed by atoms with Gasteiger partial charge in [-0.1, -0.05) is 18.2 Å². The van der Waals surface area contributed by atoms with Gasteiger partial charge >= 0.3 is 0 Å². The van der Waals surface area contributed by atoms with E-state index in [-0.39, 0.29) is 0 Å². The summed E-state index contributed by atoms with van der Waals surface area (Å²) in [5.41, 5.74) is 1.01. The van der Waals surface area contributed by atoms with Crippen LogP contribution in [0.25, 0.3) is 10.9 Å². The molecule has 1 heterocycles. The van der Waals surface area contributed by atoms with E-state index in [0.717, 1.165) is 15.9 Å². The summed E-state index contributed by atoms with van der Waals surface area (Å²) in [6.45, 7) is 0. The van der Waals surface area contributed by atoms with Crippen molar-refractivity contribution in [2.24, 2.45) is 0 Å². The lowest BCUT2D eigenvalue weighted by Gasteiger charge is -1.95. The van der Waals surface area contributed by atoms with Crippen LogP contribution in [0.1, 0.15) is 0 Å². The van der Waals surface area contributed by atoms with Gasteiger partial charge in [0.05, 0.1) is 10.5 Å². The van der Waals surface area contributed by atoms with Crippen LogP contribution in [0.3, 0.4) is 0 Å². The van der Waals surface area contributed by atoms with Crippen molar-refractivity contribution in [2.75, 3.05) is 5.84 Å². The minimum atomic E-state index is 0.784. The topological polar surface area (TPSA) is 30.9 Å². The average Bonchev–Trinajstić information content (AvgIpc) is 2.30. The van der Waals surface area contributed by atoms with E-state index in [1.165, 1.54) is 0 Å². The van der Waals surface area contributed by atoms with E-state index in [4.69, 9.17) is 5.84 Å². The fraction of sp³-hybridized carbons (Fsp3) is 0. The molecule has 1 aromatic carbocycles. The molecule has 0 aliphatic rings. The highest BCUT2D eigenvalue weighted by atomic mass is 32.1. The quantitative estimate of drug-likeness (QED) is 0.450. The van der Waals surface area contributed by atoms with Crippen LogP contribution in [-0.2, 0) is 0 Å². The Hall–Kier alpha value is -1.09. The Kier molecular flexibility index (Phi) is 1.32. The molecule has 2 N–H and O–H groups in total. The number of fused-ring (bicyclic) bond motifs is 1. The Morgan fingerprint density at radius 1 is 1.27 bits per heavy atom. The molecule has 0 saturated heterocycles. The predicted octanol–water partition coefficient (Wildman–Crippen LogP) is 1.64. The zero-order valence-corrected chi connectivity index (χ0v) is 6.75. The fourth-order valence-electron chi connectivity index (χ4n) is 1.16. The highest BCUT2D eigenvalue weighted by Gasteiger charge is 2.00. The number of para-hydroxylation sites is 1. The van der Waals surface area contributed by atoms with Crippen LogP contribution >= 0.6 is 12.6 Å². The van der Waals surface area contributed by atoms with Crippen molar-refractivity contribution in [3.8, 4) is 0 Å². The molecule has 0 bridgehead atoms. The fourth-order valence-corrected chi connectivity index (χ4v) is 1.41. The zero-order valence-electron chi connectivity index (χ0n) is 5.86. The summed E-state index contributed by atoms with van der Waals surface area (Å²) in [7, 11) is 0. The monoisotopic (exact) mass is 164 g/mol. The van der Waals surface area contributed by atoms with Crippen LogP contribution in [-0.4, -0.2) is 4.68 Å². The Bertz CT molecular complexity index is 392. The third kappa shape index (κ3) is 0.886. The molecule has 0 amide bonds. The van der Waals surface area contributed by atoms with E-state index in [0.29, 0.717) is 0 Å². The molecule has 3 heteroatoms. The van der Waals surface area contributed by atoms with Gasteiger partial charge in [-0.25, -0.2) is 0 Å². The molecular formula is C8H8N2S. The van der Waals surface area contributed by atoms with E-state index >= 15 is 0 Å². The lowest BCUT2D eigenvalue weighted by atomic mass is 10.3. The first-order valence-electron chi connectivity index (χ1n) is 3.33. The number of hydrogen-bond acceptors (Lipinski definition) is 2. The summed E-state index contributed by atoms with van der Waals surface area (Å²) >= 11 is 4.19. The molecule has 1 aromatic heterocycles. The van der Waals surface area contributed by atoms with Crippen LogP contribution in [0.4, 0.5) is 0 Å². The number of nitrogens with two attached hydrogens (primary N) is 1. The summed E-state index contributed by atoms with van der Waals surface area (Å²) in [6.07, 6.45) is 0. The summed E-state index contributed by atoms with van der Waals surface area (Å²) in [6, 6.07) is 9.86. The molecule has 0 radical (unpaired) electrons. The highest BCUT2D eigenvalue weighted by Crippen LogP contribution is 2.18. The normalized spacial score (nSPS) is 10.6. The molecule has 0 atom stereocenters. The maximum absolute atomic E-state index is 5.68. The molecule has 2 aromatic rings. The van der Waals surface area contributed by atoms with Gasteiger partial charge in [-0.3, -0.25) is 4.68 Å². The van der Waals surface area contributed by atoms with Crippen molar-refractivity contribution in [3.05, 3.63) is 30.3 Å². The van der Waals surface area contributed by atoms with Crippen LogP contribution < -0.4 is 5.84 Å². The Morgan fingerprint density at radius 3 is 2.73 bits per heavy atom. The first-order valence-corrected chi connectivity index (χ1v) is 3.78. The van der Waals surface area contributed by atoms with Crippen molar-refractivity contribution in [3.63, 3.8) is 0 Å². The van der Waals surface area contributed by atoms with Gasteiger partial charge in [0.15, 0.2) is 0 Å². The van der Waals surface area contributed by atoms with Gasteiger partial charge in [-0.05, 0) is 12.1 Å². The molecule has 0 unspecified atom stereocenters. The van der Waals surface area contributed by atoms with E-state index in [1.807, 2.05) is 30.3 Å². The summed E-state index contributed by atoms with van der Waals surface area (Å²) in [4.78, 5) is 0. The van der Waals surface area contributed by atoms with Gasteiger partial charge in [0.1, 0.15) is 0 Å². The van der Waals surface area contributed by atoms with Crippen molar-refractivity contribution in [1.82, 2.24) is 4.68 Å². The van der Waals surface area contributed by atoms with Crippen LogP contribution in [0.5, 0.6) is 0 Å². The number of hydrogen-bond donors (Lipinski definition) is 2. The second-order valence-electron chi connectivity index (χ2n) is 2.43. The second kappa shape index (κ2) is 2.20. The number of nitrogen functional groups attached to an aromatic ring is 1. The van der Waals surface area contributed by atoms with Crippen LogP contribution in [0.2, 0.25) is 0 Å². The van der Waals surface area contributed by atoms with E-state index in [2.05, 4.69) is 12.6 Å². The largest absolute Gasteiger partial charge is 0.338 e. The molecule has 0 saturated carbocycles. The summed E-state index contributed by atoms with van der Waals surface area (Å²) in [5.74, 6) is 5.68. The lowest BCUT2D eigenvalue weighted by Crippen LogP contribution is -2.07. The number of aromatic nitrogens is 1. The minimum absolute atomic E-state index is 0.784. The maximum atomic E-state index is 5.68. The molecule has 0 aliphatic carbocycles. The highest BCUT2D eigenvalue weighted by molar-refractivity contribution is 7.80. The third-order valence-corrected chi connectivity index (χ3v) is 2.07.